The SMILES string of the molecule is CC(Cc1ccccc1)n1ccc(Br)cc1=O. The van der Waals surface area contributed by atoms with E-state index in [4.69, 9.17) is 0 Å². The second-order valence-electron chi connectivity index (χ2n) is 4.13. The third-order valence-corrected chi connectivity index (χ3v) is 3.25. The predicted octanol–water partition coefficient (Wildman–Crippen LogP) is 3.41. The van der Waals surface area contributed by atoms with Crippen LogP contribution < -0.4 is 5.56 Å². The quantitative estimate of drug-likeness (QED) is 0.849. The molecule has 0 fully saturated rings. The number of halogens is 1. The Morgan fingerprint density at radius 1 is 1.24 bits per heavy atom. The second-order valence-corrected chi connectivity index (χ2v) is 5.04. The van der Waals surface area contributed by atoms with Crippen molar-refractivity contribution in [2.24, 2.45) is 0 Å². The predicted molar refractivity (Wildman–Crippen MR) is 73.3 cm³/mol. The lowest BCUT2D eigenvalue weighted by atomic mass is 10.1. The molecule has 0 aliphatic rings. The molecule has 0 aliphatic carbocycles. The zero-order chi connectivity index (χ0) is 12.3. The fourth-order valence-corrected chi connectivity index (χ4v) is 2.20. The monoisotopic (exact) mass is 291 g/mol. The molecule has 0 amide bonds. The Morgan fingerprint density at radius 2 is 1.94 bits per heavy atom. The van der Waals surface area contributed by atoms with Crippen molar-refractivity contribution in [2.45, 2.75) is 19.4 Å². The Balaban J connectivity index is 2.20. The molecule has 2 aromatic rings. The number of nitrogens with zero attached hydrogens (tertiary/aromatic N) is 1. The first-order valence-electron chi connectivity index (χ1n) is 5.58. The highest BCUT2D eigenvalue weighted by molar-refractivity contribution is 9.10. The van der Waals surface area contributed by atoms with Crippen LogP contribution in [0.15, 0.2) is 57.9 Å². The Bertz CT molecular complexity index is 548. The molecule has 0 saturated heterocycles. The average molecular weight is 292 g/mol. The number of benzene rings is 1. The summed E-state index contributed by atoms with van der Waals surface area (Å²) in [5.74, 6) is 0. The molecular formula is C14H14BrNO. The van der Waals surface area contributed by atoms with Crippen molar-refractivity contribution in [2.75, 3.05) is 0 Å². The van der Waals surface area contributed by atoms with Gasteiger partial charge in [-0.2, -0.15) is 0 Å². The first-order valence-corrected chi connectivity index (χ1v) is 6.38. The van der Waals surface area contributed by atoms with Gasteiger partial charge in [0, 0.05) is 22.8 Å². The highest BCUT2D eigenvalue weighted by Crippen LogP contribution is 2.13. The summed E-state index contributed by atoms with van der Waals surface area (Å²) in [6.07, 6.45) is 2.70. The Morgan fingerprint density at radius 3 is 2.59 bits per heavy atom. The molecule has 1 heterocycles. The maximum absolute atomic E-state index is 11.8. The summed E-state index contributed by atoms with van der Waals surface area (Å²) in [6, 6.07) is 13.9. The molecule has 1 aromatic heterocycles. The van der Waals surface area contributed by atoms with E-state index >= 15 is 0 Å². The van der Waals surface area contributed by atoms with Crippen molar-refractivity contribution in [3.8, 4) is 0 Å². The summed E-state index contributed by atoms with van der Waals surface area (Å²) in [5, 5.41) is 0. The van der Waals surface area contributed by atoms with E-state index in [9.17, 15) is 4.79 Å². The maximum atomic E-state index is 11.8. The summed E-state index contributed by atoms with van der Waals surface area (Å²) < 4.78 is 2.59. The minimum absolute atomic E-state index is 0.0304. The van der Waals surface area contributed by atoms with Crippen LogP contribution in [0.25, 0.3) is 0 Å². The molecule has 0 bridgehead atoms. The minimum Gasteiger partial charge on any atom is -0.312 e. The summed E-state index contributed by atoms with van der Waals surface area (Å²) in [7, 11) is 0. The van der Waals surface area contributed by atoms with E-state index in [1.807, 2.05) is 30.5 Å². The molecule has 0 spiro atoms. The van der Waals surface area contributed by atoms with Crippen LogP contribution in [0.5, 0.6) is 0 Å². The molecule has 0 N–H and O–H groups in total. The lowest BCUT2D eigenvalue weighted by Crippen LogP contribution is -2.23. The Kier molecular flexibility index (Phi) is 3.79. The van der Waals surface area contributed by atoms with Crippen molar-refractivity contribution in [3.63, 3.8) is 0 Å². The number of pyridine rings is 1. The molecule has 88 valence electrons. The average Bonchev–Trinajstić information content (AvgIpc) is 2.30. The summed E-state index contributed by atoms with van der Waals surface area (Å²) in [4.78, 5) is 11.8. The van der Waals surface area contributed by atoms with Gasteiger partial charge in [0.25, 0.3) is 5.56 Å². The summed E-state index contributed by atoms with van der Waals surface area (Å²) in [5.41, 5.74) is 1.28. The van der Waals surface area contributed by atoms with Crippen LogP contribution in [-0.4, -0.2) is 4.57 Å². The topological polar surface area (TPSA) is 22.0 Å². The van der Waals surface area contributed by atoms with E-state index in [-0.39, 0.29) is 11.6 Å². The van der Waals surface area contributed by atoms with Gasteiger partial charge < -0.3 is 4.57 Å². The first-order chi connectivity index (χ1) is 8.16. The molecule has 3 heteroatoms. The van der Waals surface area contributed by atoms with E-state index in [1.165, 1.54) is 5.56 Å². The third kappa shape index (κ3) is 3.07. The zero-order valence-corrected chi connectivity index (χ0v) is 11.2. The van der Waals surface area contributed by atoms with Crippen LogP contribution in [0.1, 0.15) is 18.5 Å². The smallest absolute Gasteiger partial charge is 0.251 e. The van der Waals surface area contributed by atoms with Crippen LogP contribution in [-0.2, 0) is 6.42 Å². The molecule has 0 radical (unpaired) electrons. The molecule has 1 atom stereocenters. The van der Waals surface area contributed by atoms with Crippen molar-refractivity contribution >= 4 is 15.9 Å². The van der Waals surface area contributed by atoms with Crippen LogP contribution >= 0.6 is 15.9 Å². The standard InChI is InChI=1S/C14H14BrNO/c1-11(9-12-5-3-2-4-6-12)16-8-7-13(15)10-14(16)17/h2-8,10-11H,9H2,1H3. The molecule has 1 aromatic carbocycles. The Hall–Kier alpha value is -1.35. The Labute approximate surface area is 109 Å². The fourth-order valence-electron chi connectivity index (χ4n) is 1.88. The second kappa shape index (κ2) is 5.32. The number of rotatable bonds is 3. The van der Waals surface area contributed by atoms with Gasteiger partial charge >= 0.3 is 0 Å². The van der Waals surface area contributed by atoms with Gasteiger partial charge in [0.2, 0.25) is 0 Å². The lowest BCUT2D eigenvalue weighted by molar-refractivity contribution is 0.526. The van der Waals surface area contributed by atoms with Gasteiger partial charge in [-0.3, -0.25) is 4.79 Å². The highest BCUT2D eigenvalue weighted by Gasteiger charge is 2.07. The van der Waals surface area contributed by atoms with Gasteiger partial charge in [0.05, 0.1) is 0 Å². The van der Waals surface area contributed by atoms with Gasteiger partial charge in [-0.25, -0.2) is 0 Å². The van der Waals surface area contributed by atoms with E-state index in [0.29, 0.717) is 0 Å². The van der Waals surface area contributed by atoms with Crippen LogP contribution in [0.3, 0.4) is 0 Å². The maximum Gasteiger partial charge on any atom is 0.251 e. The van der Waals surface area contributed by atoms with E-state index in [1.54, 1.807) is 10.6 Å². The van der Waals surface area contributed by atoms with Crippen molar-refractivity contribution in [1.82, 2.24) is 4.57 Å². The van der Waals surface area contributed by atoms with Gasteiger partial charge in [0.15, 0.2) is 0 Å². The van der Waals surface area contributed by atoms with Crippen LogP contribution in [0.4, 0.5) is 0 Å². The van der Waals surface area contributed by atoms with Gasteiger partial charge in [-0.1, -0.05) is 46.3 Å². The number of hydrogen-bond acceptors (Lipinski definition) is 1. The number of hydrogen-bond donors (Lipinski definition) is 0. The summed E-state index contributed by atoms with van der Waals surface area (Å²) >= 11 is 3.30. The molecular weight excluding hydrogens is 278 g/mol. The van der Waals surface area contributed by atoms with Crippen molar-refractivity contribution < 1.29 is 0 Å². The first kappa shape index (κ1) is 12.1. The summed E-state index contributed by atoms with van der Waals surface area (Å²) in [6.45, 7) is 2.06. The van der Waals surface area contributed by atoms with E-state index < -0.39 is 0 Å². The largest absolute Gasteiger partial charge is 0.312 e. The number of aromatic nitrogens is 1. The molecule has 2 rings (SSSR count). The fraction of sp³-hybridized carbons (Fsp3) is 0.214. The van der Waals surface area contributed by atoms with Crippen molar-refractivity contribution in [1.29, 1.82) is 0 Å². The molecule has 0 aliphatic heterocycles. The van der Waals surface area contributed by atoms with E-state index in [0.717, 1.165) is 10.9 Å². The van der Waals surface area contributed by atoms with Gasteiger partial charge in [-0.05, 0) is 25.0 Å². The molecule has 17 heavy (non-hydrogen) atoms. The lowest BCUT2D eigenvalue weighted by Gasteiger charge is -2.15. The normalized spacial score (nSPS) is 12.4. The van der Waals surface area contributed by atoms with Crippen molar-refractivity contribution in [3.05, 3.63) is 69.1 Å². The minimum atomic E-state index is 0.0304. The molecule has 2 nitrogen and oxygen atoms in total. The van der Waals surface area contributed by atoms with E-state index in [2.05, 4.69) is 35.0 Å². The van der Waals surface area contributed by atoms with Crippen LogP contribution in [0.2, 0.25) is 0 Å². The third-order valence-electron chi connectivity index (χ3n) is 2.76. The highest BCUT2D eigenvalue weighted by atomic mass is 79.9. The van der Waals surface area contributed by atoms with Gasteiger partial charge in [-0.15, -0.1) is 0 Å². The zero-order valence-electron chi connectivity index (χ0n) is 9.64. The molecule has 0 saturated carbocycles. The van der Waals surface area contributed by atoms with Crippen LogP contribution in [0, 0.1) is 0 Å². The van der Waals surface area contributed by atoms with Gasteiger partial charge in [0.1, 0.15) is 0 Å². The molecule has 1 unspecified atom stereocenters.